The van der Waals surface area contributed by atoms with Gasteiger partial charge in [-0.1, -0.05) is 12.1 Å². The smallest absolute Gasteiger partial charge is 0.153 e. The molecule has 88 valence electrons. The first-order valence-electron chi connectivity index (χ1n) is 5.37. The molecule has 0 aliphatic heterocycles. The van der Waals surface area contributed by atoms with Crippen molar-refractivity contribution >= 4 is 5.69 Å². The van der Waals surface area contributed by atoms with E-state index in [1.165, 1.54) is 0 Å². The Hall–Kier alpha value is -2.16. The number of nitrogen functional groups attached to an aromatic ring is 1. The Morgan fingerprint density at radius 3 is 2.18 bits per heavy atom. The summed E-state index contributed by atoms with van der Waals surface area (Å²) < 4.78 is 10.8. The van der Waals surface area contributed by atoms with E-state index >= 15 is 0 Å². The topological polar surface area (TPSA) is 44.5 Å². The lowest BCUT2D eigenvalue weighted by molar-refractivity contribution is 0.413. The summed E-state index contributed by atoms with van der Waals surface area (Å²) in [6.07, 6.45) is 0. The van der Waals surface area contributed by atoms with Gasteiger partial charge in [0, 0.05) is 0 Å². The van der Waals surface area contributed by atoms with Crippen LogP contribution < -0.4 is 15.2 Å². The molecule has 0 fully saturated rings. The Kier molecular flexibility index (Phi) is 3.19. The Morgan fingerprint density at radius 2 is 1.59 bits per heavy atom. The third-order valence-corrected chi connectivity index (χ3v) is 2.52. The van der Waals surface area contributed by atoms with Crippen LogP contribution in [0.1, 0.15) is 5.56 Å². The van der Waals surface area contributed by atoms with Crippen LogP contribution in [0.3, 0.4) is 0 Å². The third-order valence-electron chi connectivity index (χ3n) is 2.52. The fraction of sp³-hybridized carbons (Fsp3) is 0.143. The zero-order chi connectivity index (χ0) is 12.3. The molecule has 0 unspecified atom stereocenters. The second-order valence-electron chi connectivity index (χ2n) is 3.77. The minimum atomic E-state index is 0.640. The first kappa shape index (κ1) is 11.3. The van der Waals surface area contributed by atoms with Gasteiger partial charge in [0.1, 0.15) is 11.5 Å². The van der Waals surface area contributed by atoms with E-state index in [1.807, 2.05) is 49.4 Å². The SMILES string of the molecule is COc1ccc(Oc2c(C)cccc2N)cc1. The molecule has 0 bridgehead atoms. The van der Waals surface area contributed by atoms with Crippen LogP contribution in [0.4, 0.5) is 5.69 Å². The van der Waals surface area contributed by atoms with Crippen LogP contribution in [-0.4, -0.2) is 7.11 Å². The maximum Gasteiger partial charge on any atom is 0.153 e. The summed E-state index contributed by atoms with van der Waals surface area (Å²) in [5.41, 5.74) is 7.53. The maximum absolute atomic E-state index is 5.88. The van der Waals surface area contributed by atoms with Gasteiger partial charge in [-0.05, 0) is 42.8 Å². The van der Waals surface area contributed by atoms with Crippen molar-refractivity contribution in [3.63, 3.8) is 0 Å². The van der Waals surface area contributed by atoms with Gasteiger partial charge < -0.3 is 15.2 Å². The highest BCUT2D eigenvalue weighted by molar-refractivity contribution is 5.57. The lowest BCUT2D eigenvalue weighted by Gasteiger charge is -2.11. The first-order chi connectivity index (χ1) is 8.20. The lowest BCUT2D eigenvalue weighted by atomic mass is 10.2. The van der Waals surface area contributed by atoms with Gasteiger partial charge in [-0.25, -0.2) is 0 Å². The highest BCUT2D eigenvalue weighted by atomic mass is 16.5. The Bertz CT molecular complexity index is 486. The summed E-state index contributed by atoms with van der Waals surface area (Å²) in [6.45, 7) is 1.97. The molecule has 0 heterocycles. The second kappa shape index (κ2) is 4.78. The van der Waals surface area contributed by atoms with Crippen LogP contribution in [0.5, 0.6) is 17.2 Å². The van der Waals surface area contributed by atoms with Crippen LogP contribution in [0, 0.1) is 6.92 Å². The summed E-state index contributed by atoms with van der Waals surface area (Å²) in [5.74, 6) is 2.25. The zero-order valence-electron chi connectivity index (χ0n) is 9.94. The van der Waals surface area contributed by atoms with E-state index in [4.69, 9.17) is 15.2 Å². The van der Waals surface area contributed by atoms with Crippen LogP contribution in [0.2, 0.25) is 0 Å². The van der Waals surface area contributed by atoms with Gasteiger partial charge in [-0.15, -0.1) is 0 Å². The molecule has 0 saturated heterocycles. The fourth-order valence-electron chi connectivity index (χ4n) is 1.58. The van der Waals surface area contributed by atoms with Crippen LogP contribution in [0.15, 0.2) is 42.5 Å². The molecule has 0 spiro atoms. The van der Waals surface area contributed by atoms with E-state index in [0.29, 0.717) is 11.4 Å². The molecule has 0 aliphatic carbocycles. The van der Waals surface area contributed by atoms with Gasteiger partial charge in [0.05, 0.1) is 12.8 Å². The number of nitrogens with two attached hydrogens (primary N) is 1. The minimum Gasteiger partial charge on any atom is -0.497 e. The van der Waals surface area contributed by atoms with Gasteiger partial charge >= 0.3 is 0 Å². The van der Waals surface area contributed by atoms with Gasteiger partial charge in [0.15, 0.2) is 5.75 Å². The summed E-state index contributed by atoms with van der Waals surface area (Å²) in [6, 6.07) is 13.1. The molecule has 2 aromatic carbocycles. The molecule has 0 aliphatic rings. The van der Waals surface area contributed by atoms with Crippen molar-refractivity contribution in [2.45, 2.75) is 6.92 Å². The van der Waals surface area contributed by atoms with Crippen LogP contribution in [0.25, 0.3) is 0 Å². The predicted octanol–water partition coefficient (Wildman–Crippen LogP) is 3.38. The Balaban J connectivity index is 2.25. The minimum absolute atomic E-state index is 0.640. The van der Waals surface area contributed by atoms with Crippen molar-refractivity contribution < 1.29 is 9.47 Å². The molecule has 0 saturated carbocycles. The molecule has 0 atom stereocenters. The van der Waals surface area contributed by atoms with Gasteiger partial charge in [-0.3, -0.25) is 0 Å². The summed E-state index contributed by atoms with van der Waals surface area (Å²) in [5, 5.41) is 0. The Labute approximate surface area is 101 Å². The van der Waals surface area contributed by atoms with E-state index in [1.54, 1.807) is 7.11 Å². The average Bonchev–Trinajstić information content (AvgIpc) is 2.35. The molecular formula is C14H15NO2. The van der Waals surface area contributed by atoms with E-state index < -0.39 is 0 Å². The number of benzene rings is 2. The number of hydrogen-bond donors (Lipinski definition) is 1. The quantitative estimate of drug-likeness (QED) is 0.820. The molecule has 0 radical (unpaired) electrons. The standard InChI is InChI=1S/C14H15NO2/c1-10-4-3-5-13(15)14(10)17-12-8-6-11(16-2)7-9-12/h3-9H,15H2,1-2H3. The van der Waals surface area contributed by atoms with Crippen molar-refractivity contribution in [3.05, 3.63) is 48.0 Å². The second-order valence-corrected chi connectivity index (χ2v) is 3.77. The van der Waals surface area contributed by atoms with Crippen molar-refractivity contribution in [1.82, 2.24) is 0 Å². The number of para-hydroxylation sites is 1. The largest absolute Gasteiger partial charge is 0.497 e. The first-order valence-corrected chi connectivity index (χ1v) is 5.37. The van der Waals surface area contributed by atoms with Crippen molar-refractivity contribution in [1.29, 1.82) is 0 Å². The molecule has 3 nitrogen and oxygen atoms in total. The van der Waals surface area contributed by atoms with Gasteiger partial charge in [-0.2, -0.15) is 0 Å². The normalized spacial score (nSPS) is 10.0. The molecular weight excluding hydrogens is 214 g/mol. The highest BCUT2D eigenvalue weighted by Crippen LogP contribution is 2.31. The molecule has 2 rings (SSSR count). The highest BCUT2D eigenvalue weighted by Gasteiger charge is 2.05. The van der Waals surface area contributed by atoms with Crippen molar-refractivity contribution in [3.8, 4) is 17.2 Å². The monoisotopic (exact) mass is 229 g/mol. The lowest BCUT2D eigenvalue weighted by Crippen LogP contribution is -1.94. The zero-order valence-corrected chi connectivity index (χ0v) is 9.94. The number of rotatable bonds is 3. The molecule has 2 aromatic rings. The summed E-state index contributed by atoms with van der Waals surface area (Å²) in [4.78, 5) is 0. The van der Waals surface area contributed by atoms with Crippen molar-refractivity contribution in [2.75, 3.05) is 12.8 Å². The molecule has 0 amide bonds. The van der Waals surface area contributed by atoms with Crippen LogP contribution in [-0.2, 0) is 0 Å². The van der Waals surface area contributed by atoms with E-state index in [0.717, 1.165) is 17.1 Å². The average molecular weight is 229 g/mol. The van der Waals surface area contributed by atoms with E-state index in [9.17, 15) is 0 Å². The number of ether oxygens (including phenoxy) is 2. The summed E-state index contributed by atoms with van der Waals surface area (Å²) in [7, 11) is 1.63. The van der Waals surface area contributed by atoms with Crippen LogP contribution >= 0.6 is 0 Å². The van der Waals surface area contributed by atoms with E-state index in [-0.39, 0.29) is 0 Å². The van der Waals surface area contributed by atoms with Gasteiger partial charge in [0.2, 0.25) is 0 Å². The molecule has 17 heavy (non-hydrogen) atoms. The van der Waals surface area contributed by atoms with Crippen molar-refractivity contribution in [2.24, 2.45) is 0 Å². The molecule has 0 aromatic heterocycles. The van der Waals surface area contributed by atoms with Gasteiger partial charge in [0.25, 0.3) is 0 Å². The third kappa shape index (κ3) is 2.50. The predicted molar refractivity (Wildman–Crippen MR) is 68.7 cm³/mol. The summed E-state index contributed by atoms with van der Waals surface area (Å²) >= 11 is 0. The number of methoxy groups -OCH3 is 1. The maximum atomic E-state index is 5.88. The number of hydrogen-bond acceptors (Lipinski definition) is 3. The van der Waals surface area contributed by atoms with E-state index in [2.05, 4.69) is 0 Å². The molecule has 2 N–H and O–H groups in total. The fourth-order valence-corrected chi connectivity index (χ4v) is 1.58. The Morgan fingerprint density at radius 1 is 0.941 bits per heavy atom. The number of anilines is 1. The molecule has 3 heteroatoms. The number of aryl methyl sites for hydroxylation is 1.